The van der Waals surface area contributed by atoms with Gasteiger partial charge in [-0.15, -0.1) is 0 Å². The molecule has 1 heterocycles. The zero-order valence-corrected chi connectivity index (χ0v) is 10.7. The van der Waals surface area contributed by atoms with Crippen LogP contribution in [0, 0.1) is 20.8 Å². The highest BCUT2D eigenvalue weighted by molar-refractivity contribution is 6.07. The van der Waals surface area contributed by atoms with Crippen molar-refractivity contribution < 1.29 is 9.21 Å². The molecule has 2 aromatic rings. The highest BCUT2D eigenvalue weighted by Crippen LogP contribution is 2.22. The Balaban J connectivity index is 2.27. The lowest BCUT2D eigenvalue weighted by Gasteiger charge is -2.09. The normalized spacial score (nSPS) is 10.4. The van der Waals surface area contributed by atoms with Crippen molar-refractivity contribution in [1.29, 1.82) is 0 Å². The number of furan rings is 1. The minimum atomic E-state index is -0.200. The molecule has 4 heteroatoms. The fourth-order valence-corrected chi connectivity index (χ4v) is 1.89. The van der Waals surface area contributed by atoms with E-state index in [0.29, 0.717) is 22.7 Å². The van der Waals surface area contributed by atoms with E-state index in [4.69, 9.17) is 10.2 Å². The summed E-state index contributed by atoms with van der Waals surface area (Å²) in [7, 11) is 0. The van der Waals surface area contributed by atoms with Crippen LogP contribution in [0.1, 0.15) is 27.2 Å². The molecular formula is C14H16N2O2. The average Bonchev–Trinajstić information content (AvgIpc) is 2.62. The van der Waals surface area contributed by atoms with Gasteiger partial charge in [0.05, 0.1) is 23.2 Å². The van der Waals surface area contributed by atoms with Crippen LogP contribution in [-0.2, 0) is 0 Å². The Morgan fingerprint density at radius 3 is 2.56 bits per heavy atom. The van der Waals surface area contributed by atoms with E-state index in [1.54, 1.807) is 19.3 Å². The van der Waals surface area contributed by atoms with E-state index in [0.717, 1.165) is 11.1 Å². The van der Waals surface area contributed by atoms with Gasteiger partial charge in [0.2, 0.25) is 0 Å². The maximum absolute atomic E-state index is 12.1. The number of rotatable bonds is 2. The monoisotopic (exact) mass is 244 g/mol. The molecule has 3 N–H and O–H groups in total. The molecule has 0 spiro atoms. The van der Waals surface area contributed by atoms with Crippen LogP contribution in [-0.4, -0.2) is 5.91 Å². The van der Waals surface area contributed by atoms with Crippen molar-refractivity contribution in [3.05, 3.63) is 46.9 Å². The Morgan fingerprint density at radius 2 is 2.00 bits per heavy atom. The molecule has 0 atom stereocenters. The molecule has 94 valence electrons. The molecule has 4 nitrogen and oxygen atoms in total. The Bertz CT molecular complexity index is 580. The van der Waals surface area contributed by atoms with E-state index >= 15 is 0 Å². The minimum Gasteiger partial charge on any atom is -0.469 e. The Kier molecular flexibility index (Phi) is 3.10. The third kappa shape index (κ3) is 2.22. The maximum atomic E-state index is 12.1. The van der Waals surface area contributed by atoms with Crippen LogP contribution in [0.2, 0.25) is 0 Å². The number of aryl methyl sites for hydroxylation is 3. The number of nitrogen functional groups attached to an aromatic ring is 1. The number of hydrogen-bond donors (Lipinski definition) is 2. The molecule has 0 aliphatic rings. The molecule has 0 saturated carbocycles. The molecule has 1 aromatic carbocycles. The lowest BCUT2D eigenvalue weighted by molar-refractivity contribution is 0.102. The van der Waals surface area contributed by atoms with Crippen LogP contribution in [0.3, 0.4) is 0 Å². The van der Waals surface area contributed by atoms with Gasteiger partial charge in [0, 0.05) is 5.56 Å². The number of amides is 1. The van der Waals surface area contributed by atoms with E-state index in [2.05, 4.69) is 5.32 Å². The molecule has 18 heavy (non-hydrogen) atoms. The SMILES string of the molecule is Cc1ccc(NC(=O)c2c(C)coc2C)c(N)c1. The van der Waals surface area contributed by atoms with E-state index in [-0.39, 0.29) is 5.91 Å². The summed E-state index contributed by atoms with van der Waals surface area (Å²) >= 11 is 0. The van der Waals surface area contributed by atoms with Crippen molar-refractivity contribution in [2.45, 2.75) is 20.8 Å². The fraction of sp³-hybridized carbons (Fsp3) is 0.214. The van der Waals surface area contributed by atoms with Gasteiger partial charge in [0.1, 0.15) is 5.76 Å². The summed E-state index contributed by atoms with van der Waals surface area (Å²) in [5.74, 6) is 0.407. The van der Waals surface area contributed by atoms with Gasteiger partial charge in [-0.2, -0.15) is 0 Å². The molecule has 0 aliphatic heterocycles. The summed E-state index contributed by atoms with van der Waals surface area (Å²) in [5, 5.41) is 2.80. The first-order valence-corrected chi connectivity index (χ1v) is 5.71. The van der Waals surface area contributed by atoms with Gasteiger partial charge in [-0.25, -0.2) is 0 Å². The summed E-state index contributed by atoms with van der Waals surface area (Å²) < 4.78 is 5.21. The molecule has 1 amide bonds. The quantitative estimate of drug-likeness (QED) is 0.798. The molecule has 0 unspecified atom stereocenters. The molecule has 2 rings (SSSR count). The van der Waals surface area contributed by atoms with Crippen molar-refractivity contribution >= 4 is 17.3 Å². The maximum Gasteiger partial charge on any atom is 0.259 e. The van der Waals surface area contributed by atoms with Crippen molar-refractivity contribution in [3.63, 3.8) is 0 Å². The molecule has 0 fully saturated rings. The van der Waals surface area contributed by atoms with Gasteiger partial charge in [0.25, 0.3) is 5.91 Å². The van der Waals surface area contributed by atoms with Crippen LogP contribution < -0.4 is 11.1 Å². The summed E-state index contributed by atoms with van der Waals surface area (Å²) in [6, 6.07) is 5.53. The van der Waals surface area contributed by atoms with Gasteiger partial charge in [-0.1, -0.05) is 6.07 Å². The molecule has 0 radical (unpaired) electrons. The molecule has 0 bridgehead atoms. The summed E-state index contributed by atoms with van der Waals surface area (Å²) in [6.45, 7) is 5.55. The number of carbonyl (C=O) groups excluding carboxylic acids is 1. The minimum absolute atomic E-state index is 0.200. The average molecular weight is 244 g/mol. The Labute approximate surface area is 106 Å². The van der Waals surface area contributed by atoms with Crippen molar-refractivity contribution in [1.82, 2.24) is 0 Å². The van der Waals surface area contributed by atoms with Crippen molar-refractivity contribution in [2.24, 2.45) is 0 Å². The molecule has 0 aliphatic carbocycles. The largest absolute Gasteiger partial charge is 0.469 e. The van der Waals surface area contributed by atoms with Gasteiger partial charge in [-0.3, -0.25) is 4.79 Å². The molecule has 1 aromatic heterocycles. The first kappa shape index (κ1) is 12.2. The van der Waals surface area contributed by atoms with Crippen LogP contribution in [0.15, 0.2) is 28.9 Å². The standard InChI is InChI=1S/C14H16N2O2/c1-8-4-5-12(11(15)6-8)16-14(17)13-9(2)7-18-10(13)3/h4-7H,15H2,1-3H3,(H,16,17). The van der Waals surface area contributed by atoms with Gasteiger partial charge >= 0.3 is 0 Å². The second-order valence-electron chi connectivity index (χ2n) is 4.39. The predicted octanol–water partition coefficient (Wildman–Crippen LogP) is 3.04. The number of carbonyl (C=O) groups is 1. The highest BCUT2D eigenvalue weighted by Gasteiger charge is 2.16. The van der Waals surface area contributed by atoms with E-state index in [1.807, 2.05) is 26.0 Å². The van der Waals surface area contributed by atoms with Gasteiger partial charge in [-0.05, 0) is 38.5 Å². The Hall–Kier alpha value is -2.23. The zero-order chi connectivity index (χ0) is 13.3. The lowest BCUT2D eigenvalue weighted by Crippen LogP contribution is -2.14. The summed E-state index contributed by atoms with van der Waals surface area (Å²) in [6.07, 6.45) is 1.57. The van der Waals surface area contributed by atoms with Crippen LogP contribution in [0.4, 0.5) is 11.4 Å². The first-order valence-electron chi connectivity index (χ1n) is 5.71. The number of benzene rings is 1. The number of anilines is 2. The van der Waals surface area contributed by atoms with Crippen LogP contribution in [0.5, 0.6) is 0 Å². The second-order valence-corrected chi connectivity index (χ2v) is 4.39. The second kappa shape index (κ2) is 4.56. The topological polar surface area (TPSA) is 68.3 Å². The van der Waals surface area contributed by atoms with E-state index in [9.17, 15) is 4.79 Å². The van der Waals surface area contributed by atoms with E-state index in [1.165, 1.54) is 0 Å². The number of hydrogen-bond acceptors (Lipinski definition) is 3. The first-order chi connectivity index (χ1) is 8.49. The van der Waals surface area contributed by atoms with Crippen molar-refractivity contribution in [3.8, 4) is 0 Å². The Morgan fingerprint density at radius 1 is 1.28 bits per heavy atom. The predicted molar refractivity (Wildman–Crippen MR) is 71.7 cm³/mol. The summed E-state index contributed by atoms with van der Waals surface area (Å²) in [4.78, 5) is 12.1. The number of nitrogens with one attached hydrogen (secondary N) is 1. The third-order valence-corrected chi connectivity index (χ3v) is 2.84. The van der Waals surface area contributed by atoms with Crippen LogP contribution in [0.25, 0.3) is 0 Å². The van der Waals surface area contributed by atoms with E-state index < -0.39 is 0 Å². The molecule has 0 saturated heterocycles. The summed E-state index contributed by atoms with van der Waals surface area (Å²) in [5.41, 5.74) is 9.47. The number of nitrogens with two attached hydrogens (primary N) is 1. The third-order valence-electron chi connectivity index (χ3n) is 2.84. The van der Waals surface area contributed by atoms with Gasteiger partial charge in [0.15, 0.2) is 0 Å². The van der Waals surface area contributed by atoms with Crippen LogP contribution >= 0.6 is 0 Å². The smallest absolute Gasteiger partial charge is 0.259 e. The van der Waals surface area contributed by atoms with Gasteiger partial charge < -0.3 is 15.5 Å². The lowest BCUT2D eigenvalue weighted by atomic mass is 10.1. The zero-order valence-electron chi connectivity index (χ0n) is 10.7. The fourth-order valence-electron chi connectivity index (χ4n) is 1.89. The molecular weight excluding hydrogens is 228 g/mol. The van der Waals surface area contributed by atoms with Crippen molar-refractivity contribution in [2.75, 3.05) is 11.1 Å². The highest BCUT2D eigenvalue weighted by atomic mass is 16.3.